The average molecular weight is 419 g/mol. The highest BCUT2D eigenvalue weighted by Gasteiger charge is 2.31. The SMILES string of the molecule is CC(C)(C)c1ccc(C2SCCN2C(=O)Nc2cccc(Br)c2)cc1. The number of hydrogen-bond donors (Lipinski definition) is 1. The molecule has 0 saturated carbocycles. The smallest absolute Gasteiger partial charge is 0.308 e. The number of anilines is 1. The molecule has 3 rings (SSSR count). The number of nitrogens with zero attached hydrogens (tertiary/aromatic N) is 1. The summed E-state index contributed by atoms with van der Waals surface area (Å²) < 4.78 is 0.954. The Morgan fingerprint density at radius 2 is 1.92 bits per heavy atom. The molecule has 1 unspecified atom stereocenters. The van der Waals surface area contributed by atoms with Crippen LogP contribution in [0.15, 0.2) is 53.0 Å². The Morgan fingerprint density at radius 1 is 1.20 bits per heavy atom. The number of carbonyl (C=O) groups is 1. The molecule has 2 aromatic carbocycles. The van der Waals surface area contributed by atoms with Crippen molar-refractivity contribution >= 4 is 39.4 Å². The van der Waals surface area contributed by atoms with Crippen LogP contribution in [0.3, 0.4) is 0 Å². The minimum Gasteiger partial charge on any atom is -0.308 e. The predicted octanol–water partition coefficient (Wildman–Crippen LogP) is 6.03. The van der Waals surface area contributed by atoms with Gasteiger partial charge in [0.1, 0.15) is 5.37 Å². The second-order valence-electron chi connectivity index (χ2n) is 7.23. The van der Waals surface area contributed by atoms with Gasteiger partial charge in [-0.05, 0) is 34.7 Å². The summed E-state index contributed by atoms with van der Waals surface area (Å²) in [6, 6.07) is 16.3. The fourth-order valence-electron chi connectivity index (χ4n) is 2.86. The Morgan fingerprint density at radius 3 is 2.56 bits per heavy atom. The number of rotatable bonds is 2. The van der Waals surface area contributed by atoms with Crippen LogP contribution in [0.5, 0.6) is 0 Å². The Balaban J connectivity index is 1.74. The molecule has 0 radical (unpaired) electrons. The van der Waals surface area contributed by atoms with Crippen molar-refractivity contribution in [3.63, 3.8) is 0 Å². The molecule has 132 valence electrons. The van der Waals surface area contributed by atoms with Crippen LogP contribution >= 0.6 is 27.7 Å². The van der Waals surface area contributed by atoms with E-state index < -0.39 is 0 Å². The lowest BCUT2D eigenvalue weighted by molar-refractivity contribution is 0.214. The lowest BCUT2D eigenvalue weighted by atomic mass is 9.87. The van der Waals surface area contributed by atoms with E-state index in [1.165, 1.54) is 11.1 Å². The van der Waals surface area contributed by atoms with Crippen LogP contribution in [0.25, 0.3) is 0 Å². The molecular formula is C20H23BrN2OS. The molecule has 1 aliphatic heterocycles. The van der Waals surface area contributed by atoms with Crippen LogP contribution in [-0.2, 0) is 5.41 Å². The van der Waals surface area contributed by atoms with E-state index in [0.29, 0.717) is 0 Å². The first-order chi connectivity index (χ1) is 11.8. The van der Waals surface area contributed by atoms with E-state index in [4.69, 9.17) is 0 Å². The van der Waals surface area contributed by atoms with Gasteiger partial charge < -0.3 is 10.2 Å². The van der Waals surface area contributed by atoms with Crippen LogP contribution in [-0.4, -0.2) is 23.2 Å². The van der Waals surface area contributed by atoms with E-state index >= 15 is 0 Å². The van der Waals surface area contributed by atoms with Gasteiger partial charge in [0.25, 0.3) is 0 Å². The number of urea groups is 1. The molecule has 1 saturated heterocycles. The number of amides is 2. The largest absolute Gasteiger partial charge is 0.323 e. The first-order valence-electron chi connectivity index (χ1n) is 8.40. The molecule has 25 heavy (non-hydrogen) atoms. The van der Waals surface area contributed by atoms with E-state index in [2.05, 4.69) is 66.3 Å². The fourth-order valence-corrected chi connectivity index (χ4v) is 4.52. The van der Waals surface area contributed by atoms with Gasteiger partial charge in [-0.3, -0.25) is 0 Å². The Bertz CT molecular complexity index is 755. The molecule has 1 aliphatic rings. The first kappa shape index (κ1) is 18.3. The molecular weight excluding hydrogens is 396 g/mol. The standard InChI is InChI=1S/C20H23BrN2OS/c1-20(2,3)15-9-7-14(8-10-15)18-23(11-12-25-18)19(24)22-17-6-4-5-16(21)13-17/h4-10,13,18H,11-12H2,1-3H3,(H,22,24). The number of hydrogen-bond acceptors (Lipinski definition) is 2. The van der Waals surface area contributed by atoms with E-state index in [9.17, 15) is 4.79 Å². The van der Waals surface area contributed by atoms with Gasteiger partial charge in [0.05, 0.1) is 0 Å². The van der Waals surface area contributed by atoms with Crippen LogP contribution in [0, 0.1) is 0 Å². The second-order valence-corrected chi connectivity index (χ2v) is 9.33. The van der Waals surface area contributed by atoms with Crippen molar-refractivity contribution in [2.75, 3.05) is 17.6 Å². The minimum absolute atomic E-state index is 0.0482. The molecule has 3 nitrogen and oxygen atoms in total. The predicted molar refractivity (Wildman–Crippen MR) is 110 cm³/mol. The minimum atomic E-state index is -0.0482. The van der Waals surface area contributed by atoms with Gasteiger partial charge >= 0.3 is 6.03 Å². The van der Waals surface area contributed by atoms with Crippen LogP contribution in [0.2, 0.25) is 0 Å². The van der Waals surface area contributed by atoms with E-state index in [1.807, 2.05) is 40.9 Å². The summed E-state index contributed by atoms with van der Waals surface area (Å²) in [6.45, 7) is 7.40. The normalized spacial score (nSPS) is 17.6. The summed E-state index contributed by atoms with van der Waals surface area (Å²) in [4.78, 5) is 14.6. The third-order valence-corrected chi connectivity index (χ3v) is 6.04. The van der Waals surface area contributed by atoms with Crippen molar-refractivity contribution in [2.24, 2.45) is 0 Å². The number of thioether (sulfide) groups is 1. The van der Waals surface area contributed by atoms with Crippen molar-refractivity contribution in [2.45, 2.75) is 31.6 Å². The highest BCUT2D eigenvalue weighted by Crippen LogP contribution is 2.39. The maximum Gasteiger partial charge on any atom is 0.323 e. The van der Waals surface area contributed by atoms with Crippen molar-refractivity contribution in [3.8, 4) is 0 Å². The maximum atomic E-state index is 12.7. The number of nitrogens with one attached hydrogen (secondary N) is 1. The maximum absolute atomic E-state index is 12.7. The van der Waals surface area contributed by atoms with E-state index in [0.717, 1.165) is 22.5 Å². The van der Waals surface area contributed by atoms with E-state index in [1.54, 1.807) is 0 Å². The van der Waals surface area contributed by atoms with Crippen molar-refractivity contribution < 1.29 is 4.79 Å². The molecule has 0 aromatic heterocycles. The van der Waals surface area contributed by atoms with Crippen LogP contribution in [0.4, 0.5) is 10.5 Å². The van der Waals surface area contributed by atoms with Crippen molar-refractivity contribution in [3.05, 3.63) is 64.1 Å². The third-order valence-electron chi connectivity index (χ3n) is 4.29. The summed E-state index contributed by atoms with van der Waals surface area (Å²) in [5, 5.41) is 3.07. The van der Waals surface area contributed by atoms with Gasteiger partial charge in [-0.25, -0.2) is 4.79 Å². The number of carbonyl (C=O) groups excluding carboxylic acids is 1. The molecule has 0 bridgehead atoms. The highest BCUT2D eigenvalue weighted by molar-refractivity contribution is 9.10. The fraction of sp³-hybridized carbons (Fsp3) is 0.350. The Kier molecular flexibility index (Phi) is 5.44. The quantitative estimate of drug-likeness (QED) is 0.645. The van der Waals surface area contributed by atoms with Crippen molar-refractivity contribution in [1.29, 1.82) is 0 Å². The average Bonchev–Trinajstić information content (AvgIpc) is 3.04. The lowest BCUT2D eigenvalue weighted by Gasteiger charge is -2.25. The summed E-state index contributed by atoms with van der Waals surface area (Å²) in [5.74, 6) is 0.956. The highest BCUT2D eigenvalue weighted by atomic mass is 79.9. The summed E-state index contributed by atoms with van der Waals surface area (Å²) in [5.41, 5.74) is 3.43. The zero-order valence-corrected chi connectivity index (χ0v) is 17.2. The summed E-state index contributed by atoms with van der Waals surface area (Å²) in [7, 11) is 0. The van der Waals surface area contributed by atoms with Gasteiger partial charge in [0.2, 0.25) is 0 Å². The molecule has 5 heteroatoms. The van der Waals surface area contributed by atoms with Crippen molar-refractivity contribution in [1.82, 2.24) is 4.90 Å². The van der Waals surface area contributed by atoms with Gasteiger partial charge in [0.15, 0.2) is 0 Å². The first-order valence-corrected chi connectivity index (χ1v) is 10.2. The molecule has 0 aliphatic carbocycles. The summed E-state index contributed by atoms with van der Waals surface area (Å²) >= 11 is 5.25. The molecule has 2 aromatic rings. The molecule has 0 spiro atoms. The monoisotopic (exact) mass is 418 g/mol. The zero-order valence-electron chi connectivity index (χ0n) is 14.8. The third kappa shape index (κ3) is 4.39. The van der Waals surface area contributed by atoms with Gasteiger partial charge in [0, 0.05) is 22.5 Å². The molecule has 1 heterocycles. The second kappa shape index (κ2) is 7.42. The molecule has 2 amide bonds. The lowest BCUT2D eigenvalue weighted by Crippen LogP contribution is -2.34. The van der Waals surface area contributed by atoms with Gasteiger partial charge in [-0.15, -0.1) is 11.8 Å². The van der Waals surface area contributed by atoms with Crippen LogP contribution < -0.4 is 5.32 Å². The number of benzene rings is 2. The van der Waals surface area contributed by atoms with E-state index in [-0.39, 0.29) is 16.8 Å². The topological polar surface area (TPSA) is 32.3 Å². The molecule has 1 atom stereocenters. The summed E-state index contributed by atoms with van der Waals surface area (Å²) in [6.07, 6.45) is 0. The zero-order chi connectivity index (χ0) is 18.0. The Labute approximate surface area is 162 Å². The Hall–Kier alpha value is -1.46. The number of halogens is 1. The van der Waals surface area contributed by atoms with Gasteiger partial charge in [-0.1, -0.05) is 67.0 Å². The molecule has 1 N–H and O–H groups in total. The van der Waals surface area contributed by atoms with Gasteiger partial charge in [-0.2, -0.15) is 0 Å². The molecule has 1 fully saturated rings. The van der Waals surface area contributed by atoms with Crippen LogP contribution in [0.1, 0.15) is 37.3 Å².